The van der Waals surface area contributed by atoms with Gasteiger partial charge in [-0.2, -0.15) is 0 Å². The summed E-state index contributed by atoms with van der Waals surface area (Å²) in [6.07, 6.45) is 3.81. The Morgan fingerprint density at radius 3 is 2.53 bits per heavy atom. The highest BCUT2D eigenvalue weighted by atomic mass is 19.1. The number of hydrogen-bond donors (Lipinski definition) is 1. The molecule has 0 heterocycles. The van der Waals surface area contributed by atoms with Gasteiger partial charge in [0.05, 0.1) is 0 Å². The van der Waals surface area contributed by atoms with Crippen LogP contribution in [0.15, 0.2) is 24.3 Å². The standard InChI is InChI=1S/C13H18FN/c1-15-7-6-10-8-12(9-10)11-2-4-13(14)5-3-11/h2-5,10,12,15H,6-9H2,1H3. The van der Waals surface area contributed by atoms with Crippen LogP contribution in [0, 0.1) is 11.7 Å². The van der Waals surface area contributed by atoms with Crippen LogP contribution in [0.5, 0.6) is 0 Å². The molecule has 1 fully saturated rings. The van der Waals surface area contributed by atoms with Crippen molar-refractivity contribution in [1.82, 2.24) is 5.32 Å². The van der Waals surface area contributed by atoms with E-state index in [-0.39, 0.29) is 5.82 Å². The summed E-state index contributed by atoms with van der Waals surface area (Å²) >= 11 is 0. The van der Waals surface area contributed by atoms with Crippen LogP contribution in [-0.2, 0) is 0 Å². The van der Waals surface area contributed by atoms with Gasteiger partial charge < -0.3 is 5.32 Å². The third-order valence-electron chi connectivity index (χ3n) is 3.38. The summed E-state index contributed by atoms with van der Waals surface area (Å²) in [6.45, 7) is 1.11. The van der Waals surface area contributed by atoms with Gasteiger partial charge in [-0.05, 0) is 62.4 Å². The zero-order valence-corrected chi connectivity index (χ0v) is 9.17. The molecule has 0 unspecified atom stereocenters. The summed E-state index contributed by atoms with van der Waals surface area (Å²) in [7, 11) is 2.00. The first kappa shape index (κ1) is 10.6. The smallest absolute Gasteiger partial charge is 0.123 e. The minimum absolute atomic E-state index is 0.134. The quantitative estimate of drug-likeness (QED) is 0.800. The Morgan fingerprint density at radius 1 is 1.27 bits per heavy atom. The zero-order chi connectivity index (χ0) is 10.7. The molecule has 0 radical (unpaired) electrons. The molecule has 15 heavy (non-hydrogen) atoms. The van der Waals surface area contributed by atoms with Crippen molar-refractivity contribution in [2.75, 3.05) is 13.6 Å². The lowest BCUT2D eigenvalue weighted by atomic mass is 9.70. The second-order valence-corrected chi connectivity index (χ2v) is 4.48. The SMILES string of the molecule is CNCCC1CC(c2ccc(F)cc2)C1. The van der Waals surface area contributed by atoms with Gasteiger partial charge in [0.25, 0.3) is 0 Å². The minimum atomic E-state index is -0.134. The van der Waals surface area contributed by atoms with Crippen LogP contribution in [0.4, 0.5) is 4.39 Å². The molecule has 0 aromatic heterocycles. The molecule has 1 saturated carbocycles. The highest BCUT2D eigenvalue weighted by molar-refractivity contribution is 5.22. The van der Waals surface area contributed by atoms with Crippen molar-refractivity contribution >= 4 is 0 Å². The number of halogens is 1. The second-order valence-electron chi connectivity index (χ2n) is 4.48. The van der Waals surface area contributed by atoms with Gasteiger partial charge in [-0.3, -0.25) is 0 Å². The average molecular weight is 207 g/mol. The lowest BCUT2D eigenvalue weighted by Gasteiger charge is -2.35. The van der Waals surface area contributed by atoms with E-state index in [9.17, 15) is 4.39 Å². The molecule has 1 aromatic carbocycles. The molecule has 0 amide bonds. The van der Waals surface area contributed by atoms with Crippen LogP contribution in [0.2, 0.25) is 0 Å². The fraction of sp³-hybridized carbons (Fsp3) is 0.538. The number of hydrogen-bond acceptors (Lipinski definition) is 1. The molecule has 0 aliphatic heterocycles. The monoisotopic (exact) mass is 207 g/mol. The Balaban J connectivity index is 1.81. The molecule has 1 aliphatic carbocycles. The van der Waals surface area contributed by atoms with E-state index in [0.29, 0.717) is 5.92 Å². The molecule has 82 valence electrons. The largest absolute Gasteiger partial charge is 0.320 e. The fourth-order valence-electron chi connectivity index (χ4n) is 2.33. The van der Waals surface area contributed by atoms with E-state index in [1.54, 1.807) is 12.1 Å². The van der Waals surface area contributed by atoms with Crippen molar-refractivity contribution in [2.24, 2.45) is 5.92 Å². The molecule has 1 nitrogen and oxygen atoms in total. The van der Waals surface area contributed by atoms with Crippen LogP contribution in [0.1, 0.15) is 30.7 Å². The van der Waals surface area contributed by atoms with Gasteiger partial charge in [0.15, 0.2) is 0 Å². The van der Waals surface area contributed by atoms with Gasteiger partial charge in [-0.15, -0.1) is 0 Å². The van der Waals surface area contributed by atoms with Crippen LogP contribution in [0.25, 0.3) is 0 Å². The molecular weight excluding hydrogens is 189 g/mol. The first-order valence-electron chi connectivity index (χ1n) is 5.69. The summed E-state index contributed by atoms with van der Waals surface area (Å²) in [4.78, 5) is 0. The first-order chi connectivity index (χ1) is 7.29. The van der Waals surface area contributed by atoms with Gasteiger partial charge in [0.2, 0.25) is 0 Å². The molecule has 2 heteroatoms. The van der Waals surface area contributed by atoms with Crippen molar-refractivity contribution in [3.8, 4) is 0 Å². The van der Waals surface area contributed by atoms with Crippen molar-refractivity contribution in [1.29, 1.82) is 0 Å². The zero-order valence-electron chi connectivity index (χ0n) is 9.17. The van der Waals surface area contributed by atoms with E-state index in [2.05, 4.69) is 5.32 Å². The Hall–Kier alpha value is -0.890. The third-order valence-corrected chi connectivity index (χ3v) is 3.38. The molecule has 0 spiro atoms. The molecule has 1 N–H and O–H groups in total. The maximum atomic E-state index is 12.7. The van der Waals surface area contributed by atoms with E-state index in [1.165, 1.54) is 24.8 Å². The third kappa shape index (κ3) is 2.57. The number of rotatable bonds is 4. The Labute approximate surface area is 90.7 Å². The Kier molecular flexibility index (Phi) is 3.37. The normalized spacial score (nSPS) is 24.9. The van der Waals surface area contributed by atoms with E-state index in [1.807, 2.05) is 19.2 Å². The van der Waals surface area contributed by atoms with E-state index >= 15 is 0 Å². The average Bonchev–Trinajstić information content (AvgIpc) is 2.18. The van der Waals surface area contributed by atoms with E-state index in [4.69, 9.17) is 0 Å². The summed E-state index contributed by atoms with van der Waals surface area (Å²) in [5.41, 5.74) is 1.30. The second kappa shape index (κ2) is 4.75. The molecule has 0 saturated heterocycles. The summed E-state index contributed by atoms with van der Waals surface area (Å²) < 4.78 is 12.7. The van der Waals surface area contributed by atoms with Crippen LogP contribution in [-0.4, -0.2) is 13.6 Å². The molecular formula is C13H18FN. The maximum absolute atomic E-state index is 12.7. The minimum Gasteiger partial charge on any atom is -0.320 e. The van der Waals surface area contributed by atoms with E-state index in [0.717, 1.165) is 12.5 Å². The van der Waals surface area contributed by atoms with Crippen LogP contribution in [0.3, 0.4) is 0 Å². The van der Waals surface area contributed by atoms with Crippen molar-refractivity contribution in [3.05, 3.63) is 35.6 Å². The van der Waals surface area contributed by atoms with E-state index < -0.39 is 0 Å². The summed E-state index contributed by atoms with van der Waals surface area (Å²) in [5.74, 6) is 1.41. The Morgan fingerprint density at radius 2 is 1.93 bits per heavy atom. The van der Waals surface area contributed by atoms with Crippen LogP contribution < -0.4 is 5.32 Å². The predicted molar refractivity (Wildman–Crippen MR) is 60.4 cm³/mol. The van der Waals surface area contributed by atoms with Crippen LogP contribution >= 0.6 is 0 Å². The van der Waals surface area contributed by atoms with Gasteiger partial charge in [0, 0.05) is 0 Å². The van der Waals surface area contributed by atoms with Gasteiger partial charge in [-0.25, -0.2) is 4.39 Å². The first-order valence-corrected chi connectivity index (χ1v) is 5.69. The fourth-order valence-corrected chi connectivity index (χ4v) is 2.33. The highest BCUT2D eigenvalue weighted by Crippen LogP contribution is 2.42. The molecule has 2 rings (SSSR count). The summed E-state index contributed by atoms with van der Waals surface area (Å²) in [5, 5.41) is 3.18. The molecule has 0 bridgehead atoms. The molecule has 0 atom stereocenters. The van der Waals surface area contributed by atoms with Crippen molar-refractivity contribution in [2.45, 2.75) is 25.2 Å². The molecule has 1 aromatic rings. The van der Waals surface area contributed by atoms with Crippen molar-refractivity contribution < 1.29 is 4.39 Å². The van der Waals surface area contributed by atoms with Crippen molar-refractivity contribution in [3.63, 3.8) is 0 Å². The number of nitrogens with one attached hydrogen (secondary N) is 1. The van der Waals surface area contributed by atoms with Gasteiger partial charge >= 0.3 is 0 Å². The predicted octanol–water partition coefficient (Wildman–Crippen LogP) is 2.93. The maximum Gasteiger partial charge on any atom is 0.123 e. The van der Waals surface area contributed by atoms with Gasteiger partial charge in [-0.1, -0.05) is 12.1 Å². The Bertz CT molecular complexity index is 301. The lowest BCUT2D eigenvalue weighted by molar-refractivity contribution is 0.247. The molecule has 1 aliphatic rings. The lowest BCUT2D eigenvalue weighted by Crippen LogP contribution is -2.25. The topological polar surface area (TPSA) is 12.0 Å². The highest BCUT2D eigenvalue weighted by Gasteiger charge is 2.29. The summed E-state index contributed by atoms with van der Waals surface area (Å²) in [6, 6.07) is 6.98. The number of benzene rings is 1. The van der Waals surface area contributed by atoms with Gasteiger partial charge in [0.1, 0.15) is 5.82 Å².